The Labute approximate surface area is 72.7 Å². The third kappa shape index (κ3) is 9.39. The normalized spacial score (nSPS) is 10.1. The summed E-state index contributed by atoms with van der Waals surface area (Å²) in [5.41, 5.74) is 5.29. The number of nitrogens with two attached hydrogens (primary N) is 1. The zero-order valence-corrected chi connectivity index (χ0v) is 7.29. The molecule has 0 aromatic heterocycles. The van der Waals surface area contributed by atoms with Crippen molar-refractivity contribution in [1.29, 1.82) is 0 Å². The van der Waals surface area contributed by atoms with Crippen molar-refractivity contribution in [2.75, 3.05) is 19.8 Å². The van der Waals surface area contributed by atoms with Crippen molar-refractivity contribution in [2.45, 2.75) is 25.7 Å². The molecule has 0 heterocycles. The van der Waals surface area contributed by atoms with E-state index in [0.29, 0.717) is 13.2 Å². The molecule has 0 rings (SSSR count). The highest BCUT2D eigenvalue weighted by atomic mass is 16.5. The molecule has 0 aromatic rings. The highest BCUT2D eigenvalue weighted by Gasteiger charge is 1.95. The molecule has 3 N–H and O–H groups in total. The van der Waals surface area contributed by atoms with Crippen LogP contribution in [-0.4, -0.2) is 30.8 Å². The Morgan fingerprint density at radius 3 is 2.58 bits per heavy atom. The van der Waals surface area contributed by atoms with Gasteiger partial charge < -0.3 is 15.6 Å². The highest BCUT2D eigenvalue weighted by Crippen LogP contribution is 1.94. The van der Waals surface area contributed by atoms with Gasteiger partial charge in [-0.25, -0.2) is 0 Å². The van der Waals surface area contributed by atoms with Gasteiger partial charge in [-0.05, 0) is 25.8 Å². The van der Waals surface area contributed by atoms with Crippen LogP contribution in [0.15, 0.2) is 0 Å². The van der Waals surface area contributed by atoms with Crippen LogP contribution >= 0.6 is 0 Å². The molecule has 4 nitrogen and oxygen atoms in total. The molecule has 0 bridgehead atoms. The fourth-order valence-electron chi connectivity index (χ4n) is 0.787. The molecular weight excluding hydrogens is 158 g/mol. The topological polar surface area (TPSA) is 72.5 Å². The summed E-state index contributed by atoms with van der Waals surface area (Å²) in [6.07, 6.45) is 3.14. The number of carboxylic acids is 1. The molecule has 72 valence electrons. The van der Waals surface area contributed by atoms with Crippen LogP contribution in [-0.2, 0) is 9.53 Å². The van der Waals surface area contributed by atoms with Gasteiger partial charge in [0.25, 0.3) is 0 Å². The SMILES string of the molecule is NCCCCCOCCC(=O)O. The smallest absolute Gasteiger partial charge is 0.305 e. The predicted molar refractivity (Wildman–Crippen MR) is 46.0 cm³/mol. The van der Waals surface area contributed by atoms with Crippen LogP contribution in [0.5, 0.6) is 0 Å². The van der Waals surface area contributed by atoms with Crippen molar-refractivity contribution in [1.82, 2.24) is 0 Å². The quantitative estimate of drug-likeness (QED) is 0.530. The summed E-state index contributed by atoms with van der Waals surface area (Å²) in [5, 5.41) is 8.26. The van der Waals surface area contributed by atoms with Gasteiger partial charge in [-0.2, -0.15) is 0 Å². The molecular formula is C8H17NO3. The summed E-state index contributed by atoms with van der Waals surface area (Å²) < 4.78 is 5.07. The van der Waals surface area contributed by atoms with Crippen LogP contribution in [0.25, 0.3) is 0 Å². The van der Waals surface area contributed by atoms with Crippen LogP contribution in [0.1, 0.15) is 25.7 Å². The number of hydrogen-bond acceptors (Lipinski definition) is 3. The van der Waals surface area contributed by atoms with Gasteiger partial charge in [0.05, 0.1) is 13.0 Å². The molecule has 4 heteroatoms. The van der Waals surface area contributed by atoms with Crippen molar-refractivity contribution >= 4 is 5.97 Å². The molecule has 0 spiro atoms. The first-order valence-electron chi connectivity index (χ1n) is 4.27. The van der Waals surface area contributed by atoms with Gasteiger partial charge in [0.2, 0.25) is 0 Å². The molecule has 12 heavy (non-hydrogen) atoms. The Morgan fingerprint density at radius 2 is 2.00 bits per heavy atom. The van der Waals surface area contributed by atoms with Crippen molar-refractivity contribution in [3.63, 3.8) is 0 Å². The third-order valence-corrected chi connectivity index (χ3v) is 1.45. The van der Waals surface area contributed by atoms with E-state index in [0.717, 1.165) is 25.8 Å². The Balaban J connectivity index is 2.86. The lowest BCUT2D eigenvalue weighted by Gasteiger charge is -2.00. The number of unbranched alkanes of at least 4 members (excludes halogenated alkanes) is 2. The molecule has 0 aromatic carbocycles. The van der Waals surface area contributed by atoms with E-state index in [1.54, 1.807) is 0 Å². The standard InChI is InChI=1S/C8H17NO3/c9-5-2-1-3-6-12-7-4-8(10)11/h1-7,9H2,(H,10,11). The number of carboxylic acid groups (broad SMARTS) is 1. The minimum Gasteiger partial charge on any atom is -0.481 e. The Bertz CT molecular complexity index is 117. The van der Waals surface area contributed by atoms with Crippen molar-refractivity contribution in [2.24, 2.45) is 5.73 Å². The molecule has 0 fully saturated rings. The zero-order chi connectivity index (χ0) is 9.23. The molecule has 0 aliphatic heterocycles. The minimum atomic E-state index is -0.808. The van der Waals surface area contributed by atoms with Gasteiger partial charge >= 0.3 is 5.97 Å². The summed E-state index contributed by atoms with van der Waals surface area (Å²) in [4.78, 5) is 10.0. The van der Waals surface area contributed by atoms with E-state index in [1.807, 2.05) is 0 Å². The van der Waals surface area contributed by atoms with Crippen molar-refractivity contribution in [3.05, 3.63) is 0 Å². The van der Waals surface area contributed by atoms with Crippen molar-refractivity contribution in [3.8, 4) is 0 Å². The lowest BCUT2D eigenvalue weighted by atomic mass is 10.2. The molecule has 0 atom stereocenters. The average molecular weight is 175 g/mol. The van der Waals surface area contributed by atoms with Crippen LogP contribution in [0.4, 0.5) is 0 Å². The second-order valence-electron chi connectivity index (χ2n) is 2.61. The maximum Gasteiger partial charge on any atom is 0.305 e. The van der Waals surface area contributed by atoms with E-state index in [1.165, 1.54) is 0 Å². The maximum atomic E-state index is 10.0. The zero-order valence-electron chi connectivity index (χ0n) is 7.29. The van der Waals surface area contributed by atoms with Crippen LogP contribution in [0.3, 0.4) is 0 Å². The Kier molecular flexibility index (Phi) is 8.05. The first-order valence-corrected chi connectivity index (χ1v) is 4.27. The highest BCUT2D eigenvalue weighted by molar-refractivity contribution is 5.66. The minimum absolute atomic E-state index is 0.0941. The van der Waals surface area contributed by atoms with Crippen LogP contribution < -0.4 is 5.73 Å². The fourth-order valence-corrected chi connectivity index (χ4v) is 0.787. The van der Waals surface area contributed by atoms with Gasteiger partial charge in [0.1, 0.15) is 0 Å². The fraction of sp³-hybridized carbons (Fsp3) is 0.875. The number of aliphatic carboxylic acids is 1. The second-order valence-corrected chi connectivity index (χ2v) is 2.61. The van der Waals surface area contributed by atoms with Gasteiger partial charge in [-0.1, -0.05) is 0 Å². The summed E-state index contributed by atoms with van der Waals surface area (Å²) in [6, 6.07) is 0. The third-order valence-electron chi connectivity index (χ3n) is 1.45. The van der Waals surface area contributed by atoms with Gasteiger partial charge in [-0.3, -0.25) is 4.79 Å². The van der Waals surface area contributed by atoms with E-state index in [9.17, 15) is 4.79 Å². The van der Waals surface area contributed by atoms with Crippen LogP contribution in [0.2, 0.25) is 0 Å². The molecule has 0 saturated carbocycles. The maximum absolute atomic E-state index is 10.0. The number of rotatable bonds is 8. The average Bonchev–Trinajstić information content (AvgIpc) is 2.02. The summed E-state index contributed by atoms with van der Waals surface area (Å²) >= 11 is 0. The molecule has 0 unspecified atom stereocenters. The molecule has 0 aliphatic rings. The Morgan fingerprint density at radius 1 is 1.25 bits per heavy atom. The lowest BCUT2D eigenvalue weighted by Crippen LogP contribution is -2.04. The predicted octanol–water partition coefficient (Wildman–Crippen LogP) is 0.607. The van der Waals surface area contributed by atoms with Crippen LogP contribution in [0, 0.1) is 0 Å². The van der Waals surface area contributed by atoms with Gasteiger partial charge in [0.15, 0.2) is 0 Å². The van der Waals surface area contributed by atoms with E-state index < -0.39 is 5.97 Å². The van der Waals surface area contributed by atoms with E-state index >= 15 is 0 Å². The summed E-state index contributed by atoms with van der Waals surface area (Å²) in [6.45, 7) is 1.68. The van der Waals surface area contributed by atoms with E-state index in [2.05, 4.69) is 0 Å². The van der Waals surface area contributed by atoms with Gasteiger partial charge in [-0.15, -0.1) is 0 Å². The molecule has 0 amide bonds. The first kappa shape index (κ1) is 11.4. The number of ether oxygens (including phenoxy) is 1. The van der Waals surface area contributed by atoms with E-state index in [4.69, 9.17) is 15.6 Å². The second kappa shape index (κ2) is 8.49. The number of carbonyl (C=O) groups is 1. The molecule has 0 saturated heterocycles. The van der Waals surface area contributed by atoms with E-state index in [-0.39, 0.29) is 6.42 Å². The first-order chi connectivity index (χ1) is 5.77. The molecule has 0 radical (unpaired) electrons. The summed E-state index contributed by atoms with van der Waals surface area (Å²) in [7, 11) is 0. The largest absolute Gasteiger partial charge is 0.481 e. The Hall–Kier alpha value is -0.610. The van der Waals surface area contributed by atoms with Crippen molar-refractivity contribution < 1.29 is 14.6 Å². The molecule has 0 aliphatic carbocycles. The number of hydrogen-bond donors (Lipinski definition) is 2. The monoisotopic (exact) mass is 175 g/mol. The summed E-state index contributed by atoms with van der Waals surface area (Å²) in [5.74, 6) is -0.808. The van der Waals surface area contributed by atoms with Gasteiger partial charge in [0, 0.05) is 6.61 Å². The lowest BCUT2D eigenvalue weighted by molar-refractivity contribution is -0.138.